The number of amides is 1. The van der Waals surface area contributed by atoms with Gasteiger partial charge in [-0.1, -0.05) is 13.8 Å². The van der Waals surface area contributed by atoms with Crippen LogP contribution < -0.4 is 5.32 Å². The first-order valence-electron chi connectivity index (χ1n) is 7.47. The first kappa shape index (κ1) is 16.3. The van der Waals surface area contributed by atoms with Crippen LogP contribution in [0.1, 0.15) is 55.4 Å². The van der Waals surface area contributed by atoms with Gasteiger partial charge in [0.05, 0.1) is 24.1 Å². The lowest BCUT2D eigenvalue weighted by Crippen LogP contribution is -2.38. The van der Waals surface area contributed by atoms with Crippen molar-refractivity contribution in [3.63, 3.8) is 0 Å². The fourth-order valence-electron chi connectivity index (χ4n) is 2.22. The highest BCUT2D eigenvalue weighted by atomic mass is 16.4. The van der Waals surface area contributed by atoms with Crippen LogP contribution in [-0.4, -0.2) is 27.3 Å². The Labute approximate surface area is 130 Å². The molecule has 2 aromatic heterocycles. The number of nitrogens with zero attached hydrogens (tertiary/aromatic N) is 2. The topological polar surface area (TPSA) is 80.3 Å². The van der Waals surface area contributed by atoms with E-state index in [1.807, 2.05) is 20.8 Å². The van der Waals surface area contributed by atoms with E-state index in [9.17, 15) is 9.90 Å². The number of carbonyl (C=O) groups is 1. The molecule has 1 amide bonds. The Bertz CT molecular complexity index is 627. The molecule has 0 bridgehead atoms. The summed E-state index contributed by atoms with van der Waals surface area (Å²) in [4.78, 5) is 12.4. The van der Waals surface area contributed by atoms with Gasteiger partial charge in [0.1, 0.15) is 11.4 Å². The molecule has 0 unspecified atom stereocenters. The number of hydrogen-bond donors (Lipinski definition) is 2. The number of aromatic nitrogens is 2. The molecule has 22 heavy (non-hydrogen) atoms. The summed E-state index contributed by atoms with van der Waals surface area (Å²) >= 11 is 0. The van der Waals surface area contributed by atoms with Crippen molar-refractivity contribution in [1.82, 2.24) is 15.1 Å². The predicted molar refractivity (Wildman–Crippen MR) is 82.6 cm³/mol. The number of carbonyl (C=O) groups excluding carboxylic acids is 1. The summed E-state index contributed by atoms with van der Waals surface area (Å²) in [6, 6.07) is 3.38. The third-order valence-corrected chi connectivity index (χ3v) is 3.55. The Morgan fingerprint density at radius 3 is 2.82 bits per heavy atom. The minimum atomic E-state index is -1.25. The number of hydrogen-bond acceptors (Lipinski definition) is 4. The lowest BCUT2D eigenvalue weighted by Gasteiger charge is -2.21. The molecule has 0 aliphatic rings. The zero-order chi connectivity index (χ0) is 16.3. The van der Waals surface area contributed by atoms with Gasteiger partial charge < -0.3 is 14.8 Å². The van der Waals surface area contributed by atoms with Gasteiger partial charge in [-0.3, -0.25) is 9.48 Å². The molecule has 0 radical (unpaired) electrons. The Kier molecular flexibility index (Phi) is 4.71. The van der Waals surface area contributed by atoms with Crippen molar-refractivity contribution in [1.29, 1.82) is 0 Å². The summed E-state index contributed by atoms with van der Waals surface area (Å²) in [6.45, 7) is 8.34. The van der Waals surface area contributed by atoms with Crippen molar-refractivity contribution < 1.29 is 14.3 Å². The average Bonchev–Trinajstić information content (AvgIpc) is 3.13. The van der Waals surface area contributed by atoms with Crippen LogP contribution in [0, 0.1) is 0 Å². The van der Waals surface area contributed by atoms with Crippen molar-refractivity contribution >= 4 is 5.91 Å². The lowest BCUT2D eigenvalue weighted by molar-refractivity contribution is 0.0330. The van der Waals surface area contributed by atoms with Gasteiger partial charge in [-0.05, 0) is 31.9 Å². The third-order valence-electron chi connectivity index (χ3n) is 3.55. The smallest absolute Gasteiger partial charge is 0.254 e. The molecule has 2 heterocycles. The summed E-state index contributed by atoms with van der Waals surface area (Å²) in [5.41, 5.74) is 0.0573. The summed E-state index contributed by atoms with van der Waals surface area (Å²) in [6.07, 6.45) is 3.24. The molecule has 0 aliphatic carbocycles. The molecule has 1 atom stereocenters. The van der Waals surface area contributed by atoms with Crippen LogP contribution in [0.5, 0.6) is 0 Å². The van der Waals surface area contributed by atoms with Crippen LogP contribution in [-0.2, 0) is 12.1 Å². The lowest BCUT2D eigenvalue weighted by atomic mass is 10.0. The molecule has 6 heteroatoms. The van der Waals surface area contributed by atoms with Crippen molar-refractivity contribution in [3.05, 3.63) is 41.6 Å². The fraction of sp³-hybridized carbons (Fsp3) is 0.500. The summed E-state index contributed by atoms with van der Waals surface area (Å²) in [7, 11) is 0. The van der Waals surface area contributed by atoms with Gasteiger partial charge in [0, 0.05) is 12.7 Å². The van der Waals surface area contributed by atoms with Crippen molar-refractivity contribution in [2.45, 2.75) is 45.8 Å². The van der Waals surface area contributed by atoms with Gasteiger partial charge in [-0.2, -0.15) is 5.10 Å². The first-order valence-corrected chi connectivity index (χ1v) is 7.47. The highest BCUT2D eigenvalue weighted by Crippen LogP contribution is 2.21. The van der Waals surface area contributed by atoms with Crippen molar-refractivity contribution in [2.24, 2.45) is 0 Å². The SMILES string of the molecule is CCn1cc(C(=O)NC[C@](C)(O)c2ccco2)c(C(C)C)n1. The average molecular weight is 305 g/mol. The van der Waals surface area contributed by atoms with Gasteiger partial charge in [-0.25, -0.2) is 0 Å². The monoisotopic (exact) mass is 305 g/mol. The first-order chi connectivity index (χ1) is 10.3. The van der Waals surface area contributed by atoms with E-state index in [0.29, 0.717) is 17.9 Å². The zero-order valence-corrected chi connectivity index (χ0v) is 13.5. The van der Waals surface area contributed by atoms with E-state index in [2.05, 4.69) is 10.4 Å². The van der Waals surface area contributed by atoms with E-state index >= 15 is 0 Å². The summed E-state index contributed by atoms with van der Waals surface area (Å²) < 4.78 is 6.95. The Balaban J connectivity index is 2.11. The van der Waals surface area contributed by atoms with Gasteiger partial charge in [0.15, 0.2) is 0 Å². The molecular weight excluding hydrogens is 282 g/mol. The van der Waals surface area contributed by atoms with Gasteiger partial charge in [0.25, 0.3) is 5.91 Å². The zero-order valence-electron chi connectivity index (χ0n) is 13.5. The highest BCUT2D eigenvalue weighted by Gasteiger charge is 2.28. The third kappa shape index (κ3) is 3.39. The summed E-state index contributed by atoms with van der Waals surface area (Å²) in [5, 5.41) is 17.5. The molecule has 2 aromatic rings. The molecular formula is C16H23N3O3. The maximum Gasteiger partial charge on any atom is 0.254 e. The molecule has 2 rings (SSSR count). The predicted octanol–water partition coefficient (Wildman–Crippen LogP) is 2.26. The molecule has 0 spiro atoms. The van der Waals surface area contributed by atoms with E-state index in [0.717, 1.165) is 5.69 Å². The molecule has 0 saturated carbocycles. The largest absolute Gasteiger partial charge is 0.466 e. The van der Waals surface area contributed by atoms with E-state index in [1.165, 1.54) is 6.26 Å². The molecule has 6 nitrogen and oxygen atoms in total. The minimum absolute atomic E-state index is 0.0637. The van der Waals surface area contributed by atoms with Crippen molar-refractivity contribution in [2.75, 3.05) is 6.54 Å². The van der Waals surface area contributed by atoms with E-state index in [4.69, 9.17) is 4.42 Å². The highest BCUT2D eigenvalue weighted by molar-refractivity contribution is 5.95. The normalized spacial score (nSPS) is 14.1. The number of rotatable bonds is 6. The summed E-state index contributed by atoms with van der Waals surface area (Å²) in [5.74, 6) is 0.329. The van der Waals surface area contributed by atoms with Gasteiger partial charge in [0.2, 0.25) is 0 Å². The van der Waals surface area contributed by atoms with Crippen LogP contribution in [0.25, 0.3) is 0 Å². The Morgan fingerprint density at radius 1 is 1.55 bits per heavy atom. The fourth-order valence-corrected chi connectivity index (χ4v) is 2.22. The molecule has 120 valence electrons. The maximum absolute atomic E-state index is 12.4. The minimum Gasteiger partial charge on any atom is -0.466 e. The Morgan fingerprint density at radius 2 is 2.27 bits per heavy atom. The Hall–Kier alpha value is -2.08. The molecule has 2 N–H and O–H groups in total. The van der Waals surface area contributed by atoms with E-state index in [-0.39, 0.29) is 18.4 Å². The van der Waals surface area contributed by atoms with E-state index in [1.54, 1.807) is 29.9 Å². The van der Waals surface area contributed by atoms with Crippen LogP contribution in [0.2, 0.25) is 0 Å². The maximum atomic E-state index is 12.4. The standard InChI is InChI=1S/C16H23N3O3/c1-5-19-9-12(14(18-19)11(2)3)15(20)17-10-16(4,21)13-7-6-8-22-13/h6-9,11,21H,5,10H2,1-4H3,(H,17,20)/t16-/m0/s1. The number of aliphatic hydroxyl groups is 1. The quantitative estimate of drug-likeness (QED) is 0.858. The van der Waals surface area contributed by atoms with E-state index < -0.39 is 5.60 Å². The molecule has 0 saturated heterocycles. The molecule has 0 fully saturated rings. The van der Waals surface area contributed by atoms with Gasteiger partial charge >= 0.3 is 0 Å². The second-order valence-electron chi connectivity index (χ2n) is 5.87. The second-order valence-corrected chi connectivity index (χ2v) is 5.87. The second kappa shape index (κ2) is 6.36. The molecule has 0 aromatic carbocycles. The van der Waals surface area contributed by atoms with Crippen LogP contribution in [0.15, 0.2) is 29.0 Å². The van der Waals surface area contributed by atoms with Crippen molar-refractivity contribution in [3.8, 4) is 0 Å². The molecule has 0 aliphatic heterocycles. The van der Waals surface area contributed by atoms with Crippen LogP contribution in [0.3, 0.4) is 0 Å². The number of nitrogens with one attached hydrogen (secondary N) is 1. The number of aryl methyl sites for hydroxylation is 1. The van der Waals surface area contributed by atoms with Gasteiger partial charge in [-0.15, -0.1) is 0 Å². The van der Waals surface area contributed by atoms with Crippen LogP contribution >= 0.6 is 0 Å². The van der Waals surface area contributed by atoms with Crippen LogP contribution in [0.4, 0.5) is 0 Å². The number of furan rings is 1.